The van der Waals surface area contributed by atoms with E-state index in [1.807, 2.05) is 37.4 Å². The van der Waals surface area contributed by atoms with Gasteiger partial charge in [-0.2, -0.15) is 0 Å². The molecule has 1 rings (SSSR count). The predicted molar refractivity (Wildman–Crippen MR) is 78.1 cm³/mol. The molecule has 0 saturated carbocycles. The van der Waals surface area contributed by atoms with Gasteiger partial charge in [0.2, 0.25) is 11.8 Å². The van der Waals surface area contributed by atoms with Crippen LogP contribution in [0.15, 0.2) is 29.2 Å². The van der Waals surface area contributed by atoms with Crippen molar-refractivity contribution in [3.63, 3.8) is 0 Å². The van der Waals surface area contributed by atoms with Gasteiger partial charge < -0.3 is 10.6 Å². The second-order valence-corrected chi connectivity index (χ2v) is 5.07. The number of nitrogens with one attached hydrogen (secondary N) is 2. The Bertz CT molecular complexity index is 432. The topological polar surface area (TPSA) is 58.2 Å². The maximum Gasteiger partial charge on any atom is 0.239 e. The first-order valence-corrected chi connectivity index (χ1v) is 7.49. The average Bonchev–Trinajstić information content (AvgIpc) is 2.44. The zero-order valence-corrected chi connectivity index (χ0v) is 12.3. The summed E-state index contributed by atoms with van der Waals surface area (Å²) in [6.07, 6.45) is 2.41. The Morgan fingerprint density at radius 2 is 1.84 bits per heavy atom. The average molecular weight is 280 g/mol. The molecule has 0 aliphatic heterocycles. The molecule has 0 aliphatic carbocycles. The van der Waals surface area contributed by atoms with Gasteiger partial charge in [-0.3, -0.25) is 9.59 Å². The van der Waals surface area contributed by atoms with Gasteiger partial charge in [-0.25, -0.2) is 0 Å². The van der Waals surface area contributed by atoms with Crippen molar-refractivity contribution >= 4 is 23.6 Å². The van der Waals surface area contributed by atoms with Crippen molar-refractivity contribution in [1.82, 2.24) is 10.6 Å². The summed E-state index contributed by atoms with van der Waals surface area (Å²) in [5, 5.41) is 5.41. The van der Waals surface area contributed by atoms with Crippen LogP contribution in [-0.4, -0.2) is 24.6 Å². The standard InChI is InChI=1S/C14H20N2O2S/c1-4-13(17)15-9-14(18)16-10(2)11-5-7-12(19-3)8-6-11/h5-8,10H,4,9H2,1-3H3,(H,15,17)(H,16,18)/t10-/m1/s1. The Labute approximate surface area is 118 Å². The van der Waals surface area contributed by atoms with Crippen LogP contribution in [0, 0.1) is 0 Å². The van der Waals surface area contributed by atoms with Crippen molar-refractivity contribution in [2.75, 3.05) is 12.8 Å². The van der Waals surface area contributed by atoms with Crippen LogP contribution in [0.3, 0.4) is 0 Å². The summed E-state index contributed by atoms with van der Waals surface area (Å²) in [6.45, 7) is 3.71. The van der Waals surface area contributed by atoms with Gasteiger partial charge in [0.15, 0.2) is 0 Å². The maximum atomic E-state index is 11.6. The van der Waals surface area contributed by atoms with E-state index in [1.165, 1.54) is 4.90 Å². The van der Waals surface area contributed by atoms with E-state index in [0.717, 1.165) is 5.56 Å². The Balaban J connectivity index is 2.46. The SMILES string of the molecule is CCC(=O)NCC(=O)N[C@H](C)c1ccc(SC)cc1. The molecule has 0 aromatic heterocycles. The molecule has 19 heavy (non-hydrogen) atoms. The summed E-state index contributed by atoms with van der Waals surface area (Å²) < 4.78 is 0. The Kier molecular flexibility index (Phi) is 6.42. The van der Waals surface area contributed by atoms with Crippen LogP contribution in [0.1, 0.15) is 31.9 Å². The van der Waals surface area contributed by atoms with Gasteiger partial charge in [0.05, 0.1) is 12.6 Å². The third kappa shape index (κ3) is 5.34. The fraction of sp³-hybridized carbons (Fsp3) is 0.429. The zero-order chi connectivity index (χ0) is 14.3. The van der Waals surface area contributed by atoms with Crippen LogP contribution in [0.4, 0.5) is 0 Å². The van der Waals surface area contributed by atoms with E-state index in [9.17, 15) is 9.59 Å². The number of rotatable bonds is 6. The predicted octanol–water partition coefficient (Wildman–Crippen LogP) is 2.11. The molecule has 1 aromatic rings. The van der Waals surface area contributed by atoms with Crippen molar-refractivity contribution < 1.29 is 9.59 Å². The second kappa shape index (κ2) is 7.84. The first-order chi connectivity index (χ1) is 9.06. The van der Waals surface area contributed by atoms with Crippen molar-refractivity contribution in [2.45, 2.75) is 31.2 Å². The van der Waals surface area contributed by atoms with Crippen molar-refractivity contribution in [2.24, 2.45) is 0 Å². The molecular weight excluding hydrogens is 260 g/mol. The first kappa shape index (κ1) is 15.6. The van der Waals surface area contributed by atoms with Crippen LogP contribution in [0.5, 0.6) is 0 Å². The Morgan fingerprint density at radius 3 is 2.37 bits per heavy atom. The van der Waals surface area contributed by atoms with Crippen molar-refractivity contribution in [3.05, 3.63) is 29.8 Å². The number of hydrogen-bond acceptors (Lipinski definition) is 3. The molecule has 0 saturated heterocycles. The van der Waals surface area contributed by atoms with Crippen LogP contribution in [-0.2, 0) is 9.59 Å². The van der Waals surface area contributed by atoms with Gasteiger partial charge in [-0.1, -0.05) is 19.1 Å². The van der Waals surface area contributed by atoms with Gasteiger partial charge >= 0.3 is 0 Å². The van der Waals surface area contributed by atoms with E-state index in [4.69, 9.17) is 0 Å². The lowest BCUT2D eigenvalue weighted by atomic mass is 10.1. The third-order valence-corrected chi connectivity index (χ3v) is 3.50. The lowest BCUT2D eigenvalue weighted by Crippen LogP contribution is -2.37. The lowest BCUT2D eigenvalue weighted by Gasteiger charge is -2.15. The van der Waals surface area contributed by atoms with E-state index >= 15 is 0 Å². The number of carbonyl (C=O) groups excluding carboxylic acids is 2. The van der Waals surface area contributed by atoms with Gasteiger partial charge in [0.1, 0.15) is 0 Å². The molecule has 1 atom stereocenters. The summed E-state index contributed by atoms with van der Waals surface area (Å²) >= 11 is 1.68. The van der Waals surface area contributed by atoms with Gasteiger partial charge in [-0.15, -0.1) is 11.8 Å². The molecule has 0 radical (unpaired) electrons. The molecule has 4 nitrogen and oxygen atoms in total. The molecule has 104 valence electrons. The van der Waals surface area contributed by atoms with E-state index < -0.39 is 0 Å². The van der Waals surface area contributed by atoms with Crippen molar-refractivity contribution in [1.29, 1.82) is 0 Å². The highest BCUT2D eigenvalue weighted by Crippen LogP contribution is 2.18. The monoisotopic (exact) mass is 280 g/mol. The van der Waals surface area contributed by atoms with Crippen LogP contribution in [0.25, 0.3) is 0 Å². The smallest absolute Gasteiger partial charge is 0.239 e. The molecule has 0 fully saturated rings. The summed E-state index contributed by atoms with van der Waals surface area (Å²) in [4.78, 5) is 23.9. The molecule has 0 aliphatic rings. The van der Waals surface area contributed by atoms with Gasteiger partial charge in [0.25, 0.3) is 0 Å². The lowest BCUT2D eigenvalue weighted by molar-refractivity contribution is -0.126. The quantitative estimate of drug-likeness (QED) is 0.785. The fourth-order valence-electron chi connectivity index (χ4n) is 1.57. The Morgan fingerprint density at radius 1 is 1.21 bits per heavy atom. The highest BCUT2D eigenvalue weighted by atomic mass is 32.2. The molecule has 0 bridgehead atoms. The molecule has 0 spiro atoms. The fourth-order valence-corrected chi connectivity index (χ4v) is 1.98. The molecule has 5 heteroatoms. The number of carbonyl (C=O) groups is 2. The van der Waals surface area contributed by atoms with E-state index in [0.29, 0.717) is 6.42 Å². The van der Waals surface area contributed by atoms with Gasteiger partial charge in [0, 0.05) is 11.3 Å². The van der Waals surface area contributed by atoms with E-state index in [2.05, 4.69) is 10.6 Å². The van der Waals surface area contributed by atoms with Crippen LogP contribution in [0.2, 0.25) is 0 Å². The summed E-state index contributed by atoms with van der Waals surface area (Å²) in [5.41, 5.74) is 1.05. The molecule has 0 heterocycles. The van der Waals surface area contributed by atoms with E-state index in [1.54, 1.807) is 18.7 Å². The van der Waals surface area contributed by atoms with Crippen LogP contribution < -0.4 is 10.6 Å². The summed E-state index contributed by atoms with van der Waals surface area (Å²) in [5.74, 6) is -0.296. The van der Waals surface area contributed by atoms with Crippen LogP contribution >= 0.6 is 11.8 Å². The number of benzene rings is 1. The molecule has 1 aromatic carbocycles. The minimum Gasteiger partial charge on any atom is -0.348 e. The second-order valence-electron chi connectivity index (χ2n) is 4.19. The molecule has 0 unspecified atom stereocenters. The summed E-state index contributed by atoms with van der Waals surface area (Å²) in [7, 11) is 0. The van der Waals surface area contributed by atoms with E-state index in [-0.39, 0.29) is 24.4 Å². The number of thioether (sulfide) groups is 1. The van der Waals surface area contributed by atoms with Gasteiger partial charge in [-0.05, 0) is 30.9 Å². The summed E-state index contributed by atoms with van der Waals surface area (Å²) in [6, 6.07) is 7.99. The highest BCUT2D eigenvalue weighted by Gasteiger charge is 2.10. The highest BCUT2D eigenvalue weighted by molar-refractivity contribution is 7.98. The third-order valence-electron chi connectivity index (χ3n) is 2.76. The minimum absolute atomic E-state index is 0.0277. The Hall–Kier alpha value is -1.49. The number of hydrogen-bond donors (Lipinski definition) is 2. The maximum absolute atomic E-state index is 11.6. The molecule has 2 N–H and O–H groups in total. The molecular formula is C14H20N2O2S. The largest absolute Gasteiger partial charge is 0.348 e. The molecule has 2 amide bonds. The normalized spacial score (nSPS) is 11.7. The zero-order valence-electron chi connectivity index (χ0n) is 11.5. The first-order valence-electron chi connectivity index (χ1n) is 6.26. The number of amides is 2. The minimum atomic E-state index is -0.178. The van der Waals surface area contributed by atoms with Crippen molar-refractivity contribution in [3.8, 4) is 0 Å².